The standard InChI is InChI=1S/C16H21N3O2/c1-2-14-8-12(9-17)5-6-15(14)18-16(21)19-7-3-4-13(10-19)11-20/h5-6,8,13,20H,2-4,7,10-11H2,1H3,(H,18,21)/t13-/m0/s1. The van der Waals surface area contributed by atoms with Crippen molar-refractivity contribution < 1.29 is 9.90 Å². The summed E-state index contributed by atoms with van der Waals surface area (Å²) < 4.78 is 0. The normalized spacial score (nSPS) is 18.1. The van der Waals surface area contributed by atoms with E-state index < -0.39 is 0 Å². The third-order valence-corrected chi connectivity index (χ3v) is 3.92. The van der Waals surface area contributed by atoms with Crippen molar-refractivity contribution in [1.29, 1.82) is 5.26 Å². The zero-order chi connectivity index (χ0) is 15.2. The fourth-order valence-electron chi connectivity index (χ4n) is 2.67. The Hall–Kier alpha value is -2.06. The molecular formula is C16H21N3O2. The van der Waals surface area contributed by atoms with Crippen LogP contribution in [0.3, 0.4) is 0 Å². The molecule has 1 fully saturated rings. The number of nitriles is 1. The van der Waals surface area contributed by atoms with Crippen LogP contribution >= 0.6 is 0 Å². The predicted molar refractivity (Wildman–Crippen MR) is 80.9 cm³/mol. The molecule has 5 nitrogen and oxygen atoms in total. The lowest BCUT2D eigenvalue weighted by atomic mass is 9.99. The lowest BCUT2D eigenvalue weighted by Crippen LogP contribution is -2.43. The number of piperidine rings is 1. The van der Waals surface area contributed by atoms with Crippen molar-refractivity contribution >= 4 is 11.7 Å². The van der Waals surface area contributed by atoms with Crippen molar-refractivity contribution in [2.24, 2.45) is 5.92 Å². The van der Waals surface area contributed by atoms with Crippen molar-refractivity contribution in [2.45, 2.75) is 26.2 Å². The van der Waals surface area contributed by atoms with Gasteiger partial charge in [-0.15, -0.1) is 0 Å². The van der Waals surface area contributed by atoms with Crippen molar-refractivity contribution in [1.82, 2.24) is 4.90 Å². The highest BCUT2D eigenvalue weighted by atomic mass is 16.3. The number of urea groups is 1. The number of anilines is 1. The molecule has 2 rings (SSSR count). The van der Waals surface area contributed by atoms with E-state index in [2.05, 4.69) is 11.4 Å². The summed E-state index contributed by atoms with van der Waals surface area (Å²) >= 11 is 0. The number of benzene rings is 1. The molecular weight excluding hydrogens is 266 g/mol. The van der Waals surface area contributed by atoms with Crippen molar-refractivity contribution in [3.05, 3.63) is 29.3 Å². The molecule has 0 unspecified atom stereocenters. The third kappa shape index (κ3) is 3.73. The number of aryl methyl sites for hydroxylation is 1. The van der Waals surface area contributed by atoms with Gasteiger partial charge in [-0.25, -0.2) is 4.79 Å². The smallest absolute Gasteiger partial charge is 0.321 e. The van der Waals surface area contributed by atoms with Gasteiger partial charge in [-0.1, -0.05) is 6.92 Å². The number of hydrogen-bond donors (Lipinski definition) is 2. The van der Waals surface area contributed by atoms with Gasteiger partial charge in [-0.2, -0.15) is 5.26 Å². The van der Waals surface area contributed by atoms with E-state index in [-0.39, 0.29) is 18.6 Å². The maximum absolute atomic E-state index is 12.3. The van der Waals surface area contributed by atoms with E-state index in [0.29, 0.717) is 12.1 Å². The van der Waals surface area contributed by atoms with Crippen LogP contribution in [-0.4, -0.2) is 35.7 Å². The molecule has 0 aliphatic carbocycles. The zero-order valence-electron chi connectivity index (χ0n) is 12.3. The first-order valence-electron chi connectivity index (χ1n) is 7.37. The molecule has 21 heavy (non-hydrogen) atoms. The van der Waals surface area contributed by atoms with Crippen LogP contribution in [0.2, 0.25) is 0 Å². The molecule has 0 saturated carbocycles. The summed E-state index contributed by atoms with van der Waals surface area (Å²) in [5.74, 6) is 0.177. The second-order valence-electron chi connectivity index (χ2n) is 5.40. The number of aliphatic hydroxyl groups excluding tert-OH is 1. The van der Waals surface area contributed by atoms with Crippen molar-refractivity contribution in [3.8, 4) is 6.07 Å². The van der Waals surface area contributed by atoms with Crippen LogP contribution < -0.4 is 5.32 Å². The number of carbonyl (C=O) groups is 1. The molecule has 1 aliphatic heterocycles. The quantitative estimate of drug-likeness (QED) is 0.896. The molecule has 1 aliphatic rings. The van der Waals surface area contributed by atoms with Gasteiger partial charge >= 0.3 is 6.03 Å². The summed E-state index contributed by atoms with van der Waals surface area (Å²) in [6.45, 7) is 3.44. The van der Waals surface area contributed by atoms with Gasteiger partial charge in [0.2, 0.25) is 0 Å². The summed E-state index contributed by atoms with van der Waals surface area (Å²) in [6.07, 6.45) is 2.65. The van der Waals surface area contributed by atoms with Gasteiger partial charge in [0.15, 0.2) is 0 Å². The maximum Gasteiger partial charge on any atom is 0.321 e. The molecule has 1 aromatic carbocycles. The van der Waals surface area contributed by atoms with E-state index >= 15 is 0 Å². The number of rotatable bonds is 3. The summed E-state index contributed by atoms with van der Waals surface area (Å²) in [6, 6.07) is 7.27. The molecule has 1 aromatic rings. The average molecular weight is 287 g/mol. The molecule has 0 spiro atoms. The highest BCUT2D eigenvalue weighted by molar-refractivity contribution is 5.90. The van der Waals surface area contributed by atoms with Crippen molar-refractivity contribution in [2.75, 3.05) is 25.0 Å². The maximum atomic E-state index is 12.3. The minimum absolute atomic E-state index is 0.126. The van der Waals surface area contributed by atoms with Crippen LogP contribution in [0.15, 0.2) is 18.2 Å². The number of likely N-dealkylation sites (tertiary alicyclic amines) is 1. The molecule has 0 bridgehead atoms. The average Bonchev–Trinajstić information content (AvgIpc) is 2.55. The van der Waals surface area contributed by atoms with Gasteiger partial charge in [-0.3, -0.25) is 0 Å². The molecule has 1 heterocycles. The zero-order valence-corrected chi connectivity index (χ0v) is 12.3. The summed E-state index contributed by atoms with van der Waals surface area (Å²) in [5, 5.41) is 21.1. The lowest BCUT2D eigenvalue weighted by molar-refractivity contribution is 0.136. The predicted octanol–water partition coefficient (Wildman–Crippen LogP) is 2.36. The number of aliphatic hydroxyl groups is 1. The second-order valence-corrected chi connectivity index (χ2v) is 5.40. The van der Waals surface area contributed by atoms with Gasteiger partial charge < -0.3 is 15.3 Å². The number of nitrogens with one attached hydrogen (secondary N) is 1. The van der Waals surface area contributed by atoms with Crippen LogP contribution in [0.25, 0.3) is 0 Å². The highest BCUT2D eigenvalue weighted by Crippen LogP contribution is 2.21. The first-order chi connectivity index (χ1) is 10.2. The number of hydrogen-bond acceptors (Lipinski definition) is 3. The Morgan fingerprint density at radius 1 is 1.57 bits per heavy atom. The topological polar surface area (TPSA) is 76.4 Å². The van der Waals surface area contributed by atoms with E-state index in [1.807, 2.05) is 13.0 Å². The Kier molecular flexibility index (Phi) is 5.18. The first-order valence-corrected chi connectivity index (χ1v) is 7.37. The Balaban J connectivity index is 2.07. The Bertz CT molecular complexity index is 551. The largest absolute Gasteiger partial charge is 0.396 e. The molecule has 5 heteroatoms. The van der Waals surface area contributed by atoms with Gasteiger partial charge in [0.1, 0.15) is 0 Å². The van der Waals surface area contributed by atoms with E-state index in [1.165, 1.54) is 0 Å². The van der Waals surface area contributed by atoms with Crippen molar-refractivity contribution in [3.63, 3.8) is 0 Å². The van der Waals surface area contributed by atoms with Gasteiger partial charge in [0, 0.05) is 25.4 Å². The Morgan fingerprint density at radius 3 is 3.05 bits per heavy atom. The number of carbonyl (C=O) groups excluding carboxylic acids is 1. The summed E-state index contributed by atoms with van der Waals surface area (Å²) in [4.78, 5) is 14.1. The minimum atomic E-state index is -0.132. The summed E-state index contributed by atoms with van der Waals surface area (Å²) in [5.41, 5.74) is 2.31. The lowest BCUT2D eigenvalue weighted by Gasteiger charge is -2.32. The molecule has 0 radical (unpaired) electrons. The molecule has 112 valence electrons. The van der Waals surface area contributed by atoms with Gasteiger partial charge in [0.05, 0.1) is 11.6 Å². The molecule has 2 N–H and O–H groups in total. The highest BCUT2D eigenvalue weighted by Gasteiger charge is 2.23. The van der Waals surface area contributed by atoms with E-state index in [1.54, 1.807) is 17.0 Å². The summed E-state index contributed by atoms with van der Waals surface area (Å²) in [7, 11) is 0. The minimum Gasteiger partial charge on any atom is -0.396 e. The van der Waals surface area contributed by atoms with Gasteiger partial charge in [0.25, 0.3) is 0 Å². The monoisotopic (exact) mass is 287 g/mol. The second kappa shape index (κ2) is 7.09. The number of nitrogens with zero attached hydrogens (tertiary/aromatic N) is 2. The van der Waals surface area contributed by atoms with Crippen LogP contribution in [0.4, 0.5) is 10.5 Å². The molecule has 1 saturated heterocycles. The van der Waals surface area contributed by atoms with Crippen LogP contribution in [0, 0.1) is 17.2 Å². The van der Waals surface area contributed by atoms with Crippen LogP contribution in [0.1, 0.15) is 30.9 Å². The fraction of sp³-hybridized carbons (Fsp3) is 0.500. The van der Waals surface area contributed by atoms with E-state index in [0.717, 1.165) is 37.1 Å². The molecule has 2 amide bonds. The van der Waals surface area contributed by atoms with Crippen LogP contribution in [0.5, 0.6) is 0 Å². The molecule has 0 aromatic heterocycles. The SMILES string of the molecule is CCc1cc(C#N)ccc1NC(=O)N1CCC[C@H](CO)C1. The Morgan fingerprint density at radius 2 is 2.38 bits per heavy atom. The van der Waals surface area contributed by atoms with Crippen LogP contribution in [-0.2, 0) is 6.42 Å². The molecule has 1 atom stereocenters. The Labute approximate surface area is 125 Å². The fourth-order valence-corrected chi connectivity index (χ4v) is 2.67. The van der Waals surface area contributed by atoms with Gasteiger partial charge in [-0.05, 0) is 48.9 Å². The number of amides is 2. The van der Waals surface area contributed by atoms with E-state index in [4.69, 9.17) is 5.26 Å². The third-order valence-electron chi connectivity index (χ3n) is 3.92. The van der Waals surface area contributed by atoms with E-state index in [9.17, 15) is 9.90 Å². The first kappa shape index (κ1) is 15.3.